The number of hydrogen-bond donors (Lipinski definition) is 0. The average Bonchev–Trinajstić information content (AvgIpc) is 2.42. The van der Waals surface area contributed by atoms with Crippen molar-refractivity contribution in [3.63, 3.8) is 0 Å². The summed E-state index contributed by atoms with van der Waals surface area (Å²) in [5.41, 5.74) is 1.91. The molecule has 0 spiro atoms. The van der Waals surface area contributed by atoms with Gasteiger partial charge in [-0.3, -0.25) is 0 Å². The zero-order chi connectivity index (χ0) is 13.0. The number of benzene rings is 2. The second-order valence-corrected chi connectivity index (χ2v) is 5.38. The first-order valence-corrected chi connectivity index (χ1v) is 6.89. The number of nitrogens with zero attached hydrogens (tertiary/aromatic N) is 1. The van der Waals surface area contributed by atoms with Gasteiger partial charge in [0.25, 0.3) is 0 Å². The first kappa shape index (κ1) is 13.0. The third-order valence-corrected chi connectivity index (χ3v) is 4.13. The summed E-state index contributed by atoms with van der Waals surface area (Å²) in [6.45, 7) is 2.14. The number of aryl methyl sites for hydroxylation is 1. The van der Waals surface area contributed by atoms with Gasteiger partial charge in [0.05, 0.1) is 16.7 Å². The number of halogens is 1. The fourth-order valence-electron chi connectivity index (χ4n) is 1.57. The van der Waals surface area contributed by atoms with Gasteiger partial charge in [0.2, 0.25) is 0 Å². The van der Waals surface area contributed by atoms with Crippen LogP contribution in [-0.4, -0.2) is 0 Å². The largest absolute Gasteiger partial charge is 0.192 e. The lowest BCUT2D eigenvalue weighted by atomic mass is 10.2. The molecule has 90 valence electrons. The lowest BCUT2D eigenvalue weighted by Gasteiger charge is -2.05. The van der Waals surface area contributed by atoms with Gasteiger partial charge in [-0.25, -0.2) is 0 Å². The first-order valence-electron chi connectivity index (χ1n) is 5.69. The maximum Gasteiger partial charge on any atom is 0.0992 e. The Morgan fingerprint density at radius 2 is 1.89 bits per heavy atom. The maximum absolute atomic E-state index is 8.78. The van der Waals surface area contributed by atoms with Crippen LogP contribution in [0.15, 0.2) is 52.3 Å². The van der Waals surface area contributed by atoms with Gasteiger partial charge in [-0.1, -0.05) is 42.4 Å². The minimum absolute atomic E-state index is 0.589. The molecule has 0 aliphatic rings. The highest BCUT2D eigenvalue weighted by molar-refractivity contribution is 7.99. The quantitative estimate of drug-likeness (QED) is 0.792. The summed E-state index contributed by atoms with van der Waals surface area (Å²) in [5, 5.41) is 9.41. The van der Waals surface area contributed by atoms with E-state index in [9.17, 15) is 0 Å². The van der Waals surface area contributed by atoms with E-state index in [2.05, 4.69) is 37.3 Å². The Labute approximate surface area is 116 Å². The Morgan fingerprint density at radius 1 is 1.17 bits per heavy atom. The molecule has 0 aliphatic heterocycles. The molecule has 0 heterocycles. The second kappa shape index (κ2) is 5.95. The SMILES string of the molecule is CCc1ccc(Sc2ccc(C#N)cc2Cl)cc1. The highest BCUT2D eigenvalue weighted by Gasteiger charge is 2.04. The predicted octanol–water partition coefficient (Wildman–Crippen LogP) is 4.93. The average molecular weight is 274 g/mol. The van der Waals surface area contributed by atoms with Gasteiger partial charge in [-0.05, 0) is 42.3 Å². The predicted molar refractivity (Wildman–Crippen MR) is 76.1 cm³/mol. The van der Waals surface area contributed by atoms with Crippen LogP contribution in [0.4, 0.5) is 0 Å². The number of nitriles is 1. The van der Waals surface area contributed by atoms with Crippen molar-refractivity contribution < 1.29 is 0 Å². The molecule has 0 radical (unpaired) electrons. The molecule has 0 amide bonds. The summed E-state index contributed by atoms with van der Waals surface area (Å²) in [6.07, 6.45) is 1.04. The Kier molecular flexibility index (Phi) is 4.30. The van der Waals surface area contributed by atoms with E-state index in [1.807, 2.05) is 6.07 Å². The van der Waals surface area contributed by atoms with Gasteiger partial charge < -0.3 is 0 Å². The Balaban J connectivity index is 2.20. The van der Waals surface area contributed by atoms with Gasteiger partial charge in [-0.15, -0.1) is 0 Å². The third-order valence-electron chi connectivity index (χ3n) is 2.62. The summed E-state index contributed by atoms with van der Waals surface area (Å²) in [5.74, 6) is 0. The molecule has 0 aliphatic carbocycles. The number of hydrogen-bond acceptors (Lipinski definition) is 2. The summed E-state index contributed by atoms with van der Waals surface area (Å²) in [4.78, 5) is 2.12. The van der Waals surface area contributed by atoms with E-state index in [0.29, 0.717) is 10.6 Å². The van der Waals surface area contributed by atoms with Crippen LogP contribution in [0.2, 0.25) is 5.02 Å². The maximum atomic E-state index is 8.78. The van der Waals surface area contributed by atoms with E-state index < -0.39 is 0 Å². The molecule has 0 aromatic heterocycles. The van der Waals surface area contributed by atoms with Crippen molar-refractivity contribution in [2.45, 2.75) is 23.1 Å². The van der Waals surface area contributed by atoms with Crippen LogP contribution < -0.4 is 0 Å². The molecule has 1 nitrogen and oxygen atoms in total. The van der Waals surface area contributed by atoms with Gasteiger partial charge in [-0.2, -0.15) is 5.26 Å². The highest BCUT2D eigenvalue weighted by Crippen LogP contribution is 2.33. The summed E-state index contributed by atoms with van der Waals surface area (Å²) < 4.78 is 0. The molecule has 2 rings (SSSR count). The molecule has 0 N–H and O–H groups in total. The summed E-state index contributed by atoms with van der Waals surface area (Å²) in [6, 6.07) is 15.9. The van der Waals surface area contributed by atoms with Crippen molar-refractivity contribution in [2.24, 2.45) is 0 Å². The topological polar surface area (TPSA) is 23.8 Å². The van der Waals surface area contributed by atoms with E-state index in [-0.39, 0.29) is 0 Å². The lowest BCUT2D eigenvalue weighted by Crippen LogP contribution is -1.81. The normalized spacial score (nSPS) is 10.1. The molecule has 0 atom stereocenters. The van der Waals surface area contributed by atoms with Crippen LogP contribution in [0.5, 0.6) is 0 Å². The van der Waals surface area contributed by atoms with E-state index in [1.165, 1.54) is 5.56 Å². The molecular weight excluding hydrogens is 262 g/mol. The van der Waals surface area contributed by atoms with Gasteiger partial charge in [0.1, 0.15) is 0 Å². The molecule has 3 heteroatoms. The van der Waals surface area contributed by atoms with Crippen LogP contribution in [0.3, 0.4) is 0 Å². The van der Waals surface area contributed by atoms with Crippen LogP contribution in [-0.2, 0) is 6.42 Å². The lowest BCUT2D eigenvalue weighted by molar-refractivity contribution is 1.13. The van der Waals surface area contributed by atoms with Crippen LogP contribution >= 0.6 is 23.4 Å². The summed E-state index contributed by atoms with van der Waals surface area (Å²) in [7, 11) is 0. The Morgan fingerprint density at radius 3 is 2.44 bits per heavy atom. The van der Waals surface area contributed by atoms with Crippen LogP contribution in [0, 0.1) is 11.3 Å². The smallest absolute Gasteiger partial charge is 0.0992 e. The Hall–Kier alpha value is -1.43. The standard InChI is InChI=1S/C15H12ClNS/c1-2-11-3-6-13(7-4-11)18-15-8-5-12(10-17)9-14(15)16/h3-9H,2H2,1H3. The van der Waals surface area contributed by atoms with E-state index in [0.717, 1.165) is 16.2 Å². The molecule has 2 aromatic carbocycles. The van der Waals surface area contributed by atoms with Crippen LogP contribution in [0.1, 0.15) is 18.1 Å². The van der Waals surface area contributed by atoms with Crippen molar-refractivity contribution in [1.82, 2.24) is 0 Å². The van der Waals surface area contributed by atoms with E-state index >= 15 is 0 Å². The second-order valence-electron chi connectivity index (χ2n) is 3.86. The first-order chi connectivity index (χ1) is 8.72. The molecular formula is C15H12ClNS. The van der Waals surface area contributed by atoms with Crippen molar-refractivity contribution in [2.75, 3.05) is 0 Å². The molecule has 0 fully saturated rings. The van der Waals surface area contributed by atoms with Crippen molar-refractivity contribution in [3.05, 3.63) is 58.6 Å². The van der Waals surface area contributed by atoms with Gasteiger partial charge in [0, 0.05) is 9.79 Å². The van der Waals surface area contributed by atoms with Crippen molar-refractivity contribution in [3.8, 4) is 6.07 Å². The van der Waals surface area contributed by atoms with Crippen molar-refractivity contribution >= 4 is 23.4 Å². The minimum Gasteiger partial charge on any atom is -0.192 e. The molecule has 0 unspecified atom stereocenters. The molecule has 18 heavy (non-hydrogen) atoms. The Bertz CT molecular complexity index is 584. The number of rotatable bonds is 3. The fraction of sp³-hybridized carbons (Fsp3) is 0.133. The molecule has 0 saturated carbocycles. The molecule has 0 bridgehead atoms. The minimum atomic E-state index is 0.589. The van der Waals surface area contributed by atoms with E-state index in [1.54, 1.807) is 23.9 Å². The highest BCUT2D eigenvalue weighted by atomic mass is 35.5. The van der Waals surface area contributed by atoms with Gasteiger partial charge >= 0.3 is 0 Å². The fourth-order valence-corrected chi connectivity index (χ4v) is 2.69. The molecule has 0 saturated heterocycles. The van der Waals surface area contributed by atoms with Crippen molar-refractivity contribution in [1.29, 1.82) is 5.26 Å². The van der Waals surface area contributed by atoms with Crippen LogP contribution in [0.25, 0.3) is 0 Å². The molecule has 2 aromatic rings. The zero-order valence-electron chi connectivity index (χ0n) is 9.98. The zero-order valence-corrected chi connectivity index (χ0v) is 11.6. The third kappa shape index (κ3) is 3.07. The van der Waals surface area contributed by atoms with E-state index in [4.69, 9.17) is 16.9 Å². The summed E-state index contributed by atoms with van der Waals surface area (Å²) >= 11 is 7.76. The van der Waals surface area contributed by atoms with Gasteiger partial charge in [0.15, 0.2) is 0 Å². The monoisotopic (exact) mass is 273 g/mol.